The highest BCUT2D eigenvalue weighted by Gasteiger charge is 2.32. The van der Waals surface area contributed by atoms with Gasteiger partial charge in [-0.25, -0.2) is 8.78 Å². The van der Waals surface area contributed by atoms with Crippen LogP contribution in [0.1, 0.15) is 36.5 Å². The predicted octanol–water partition coefficient (Wildman–Crippen LogP) is 7.13. The average molecular weight is 495 g/mol. The molecule has 0 spiro atoms. The summed E-state index contributed by atoms with van der Waals surface area (Å²) in [6, 6.07) is 12.4. The summed E-state index contributed by atoms with van der Waals surface area (Å²) in [6.07, 6.45) is -2.13. The molecule has 3 aromatic carbocycles. The van der Waals surface area contributed by atoms with E-state index in [1.54, 1.807) is 12.1 Å². The lowest BCUT2D eigenvalue weighted by Gasteiger charge is -2.28. The number of fused-ring (bicyclic) bond motifs is 1. The number of benzene rings is 3. The van der Waals surface area contributed by atoms with Crippen LogP contribution in [0.5, 0.6) is 5.75 Å². The first kappa shape index (κ1) is 25.4. The van der Waals surface area contributed by atoms with Crippen LogP contribution in [0.25, 0.3) is 10.8 Å². The van der Waals surface area contributed by atoms with Gasteiger partial charge in [-0.15, -0.1) is 13.2 Å². The average Bonchev–Trinajstić information content (AvgIpc) is 2.83. The molecule has 3 nitrogen and oxygen atoms in total. The molecule has 1 aliphatic rings. The maximum absolute atomic E-state index is 15.1. The number of rotatable bonds is 8. The first-order chi connectivity index (χ1) is 16.7. The Balaban J connectivity index is 1.37. The van der Waals surface area contributed by atoms with Crippen molar-refractivity contribution in [3.63, 3.8) is 0 Å². The zero-order valence-corrected chi connectivity index (χ0v) is 19.3. The van der Waals surface area contributed by atoms with Crippen LogP contribution in [0.2, 0.25) is 0 Å². The summed E-state index contributed by atoms with van der Waals surface area (Å²) in [5, 5.41) is 1.27. The van der Waals surface area contributed by atoms with Crippen molar-refractivity contribution in [2.75, 3.05) is 13.2 Å². The molecule has 0 unspecified atom stereocenters. The van der Waals surface area contributed by atoms with Crippen molar-refractivity contribution in [1.82, 2.24) is 0 Å². The highest BCUT2D eigenvalue weighted by molar-refractivity contribution is 5.84. The minimum absolute atomic E-state index is 0.216. The van der Waals surface area contributed by atoms with E-state index in [-0.39, 0.29) is 24.9 Å². The largest absolute Gasteiger partial charge is 0.573 e. The van der Waals surface area contributed by atoms with Gasteiger partial charge >= 0.3 is 6.36 Å². The molecule has 1 aliphatic heterocycles. The van der Waals surface area contributed by atoms with Crippen molar-refractivity contribution in [2.24, 2.45) is 5.92 Å². The Morgan fingerprint density at radius 1 is 0.886 bits per heavy atom. The summed E-state index contributed by atoms with van der Waals surface area (Å²) in [5.74, 6) is -1.90. The van der Waals surface area contributed by atoms with Crippen LogP contribution < -0.4 is 4.74 Å². The lowest BCUT2D eigenvalue weighted by Crippen LogP contribution is -2.32. The van der Waals surface area contributed by atoms with Crippen LogP contribution in [-0.4, -0.2) is 25.9 Å². The van der Waals surface area contributed by atoms with Gasteiger partial charge in [0.1, 0.15) is 5.82 Å². The minimum Gasteiger partial charge on any atom is -0.403 e. The highest BCUT2D eigenvalue weighted by atomic mass is 19.4. The predicted molar refractivity (Wildman–Crippen MR) is 122 cm³/mol. The van der Waals surface area contributed by atoms with Crippen LogP contribution in [0.4, 0.5) is 22.0 Å². The van der Waals surface area contributed by atoms with Gasteiger partial charge in [-0.3, -0.25) is 0 Å². The Bertz CT molecular complexity index is 1150. The summed E-state index contributed by atoms with van der Waals surface area (Å²) < 4.78 is 81.1. The smallest absolute Gasteiger partial charge is 0.403 e. The van der Waals surface area contributed by atoms with Gasteiger partial charge in [-0.1, -0.05) is 43.3 Å². The molecule has 0 aliphatic carbocycles. The number of aryl methyl sites for hydroxylation is 3. The molecule has 0 aromatic heterocycles. The molecule has 0 radical (unpaired) electrons. The fourth-order valence-electron chi connectivity index (χ4n) is 4.19. The lowest BCUT2D eigenvalue weighted by atomic mass is 9.98. The Kier molecular flexibility index (Phi) is 7.91. The van der Waals surface area contributed by atoms with Gasteiger partial charge in [0.2, 0.25) is 0 Å². The summed E-state index contributed by atoms with van der Waals surface area (Å²) >= 11 is 0. The molecule has 0 bridgehead atoms. The molecular weight excluding hydrogens is 467 g/mol. The van der Waals surface area contributed by atoms with Crippen molar-refractivity contribution < 1.29 is 36.2 Å². The number of halogens is 5. The Morgan fingerprint density at radius 2 is 1.60 bits per heavy atom. The second-order valence-corrected chi connectivity index (χ2v) is 8.82. The molecule has 8 heteroatoms. The number of hydrogen-bond donors (Lipinski definition) is 0. The first-order valence-electron chi connectivity index (χ1n) is 11.7. The number of ether oxygens (including phenoxy) is 3. The summed E-state index contributed by atoms with van der Waals surface area (Å²) in [5.41, 5.74) is 1.96. The quantitative estimate of drug-likeness (QED) is 0.312. The molecule has 0 N–H and O–H groups in total. The van der Waals surface area contributed by atoms with Gasteiger partial charge < -0.3 is 14.2 Å². The van der Waals surface area contributed by atoms with E-state index in [0.717, 1.165) is 42.3 Å². The molecule has 1 saturated heterocycles. The maximum atomic E-state index is 15.1. The fourth-order valence-corrected chi connectivity index (χ4v) is 4.19. The van der Waals surface area contributed by atoms with Crippen LogP contribution in [-0.2, 0) is 28.7 Å². The van der Waals surface area contributed by atoms with Crippen LogP contribution in [0.3, 0.4) is 0 Å². The monoisotopic (exact) mass is 494 g/mol. The normalized spacial score (nSPS) is 18.7. The van der Waals surface area contributed by atoms with E-state index in [2.05, 4.69) is 11.7 Å². The Morgan fingerprint density at radius 3 is 2.29 bits per heavy atom. The molecule has 0 saturated carbocycles. The van der Waals surface area contributed by atoms with Gasteiger partial charge in [0, 0.05) is 17.7 Å². The summed E-state index contributed by atoms with van der Waals surface area (Å²) in [7, 11) is 0. The van der Waals surface area contributed by atoms with E-state index in [1.165, 1.54) is 6.07 Å². The van der Waals surface area contributed by atoms with E-state index in [0.29, 0.717) is 35.6 Å². The molecule has 188 valence electrons. The molecule has 0 amide bonds. The van der Waals surface area contributed by atoms with Gasteiger partial charge in [-0.2, -0.15) is 0 Å². The van der Waals surface area contributed by atoms with Crippen molar-refractivity contribution in [2.45, 2.75) is 51.7 Å². The second-order valence-electron chi connectivity index (χ2n) is 8.82. The number of alkyl halides is 3. The van der Waals surface area contributed by atoms with E-state index in [9.17, 15) is 17.6 Å². The van der Waals surface area contributed by atoms with Gasteiger partial charge in [-0.05, 0) is 59.9 Å². The zero-order valence-electron chi connectivity index (χ0n) is 19.3. The summed E-state index contributed by atoms with van der Waals surface area (Å²) in [6.45, 7) is 3.54. The van der Waals surface area contributed by atoms with Crippen LogP contribution in [0.15, 0.2) is 48.5 Å². The van der Waals surface area contributed by atoms with Crippen LogP contribution in [0, 0.1) is 17.6 Å². The number of hydrogen-bond acceptors (Lipinski definition) is 3. The first-order valence-corrected chi connectivity index (χ1v) is 11.7. The topological polar surface area (TPSA) is 27.7 Å². The molecule has 0 atom stereocenters. The lowest BCUT2D eigenvalue weighted by molar-refractivity contribution is -0.275. The Labute approximate surface area is 200 Å². The standard InChI is InChI=1S/C27H27F5O3/c1-2-17-15-33-25(34-16-17)12-6-18-4-10-22-21(13-18)9-8-20(26(22)29)7-3-19-5-11-24(23(28)14-19)35-27(30,31)32/h4-5,8-11,13-14,17,25H,2-3,6-7,12,15-16H2,1H3. The molecule has 1 fully saturated rings. The van der Waals surface area contributed by atoms with Crippen LogP contribution >= 0.6 is 0 Å². The highest BCUT2D eigenvalue weighted by Crippen LogP contribution is 2.28. The van der Waals surface area contributed by atoms with Crippen molar-refractivity contribution in [3.8, 4) is 5.75 Å². The van der Waals surface area contributed by atoms with Gasteiger partial charge in [0.25, 0.3) is 0 Å². The Hall–Kier alpha value is -2.71. The van der Waals surface area contributed by atoms with E-state index >= 15 is 4.39 Å². The van der Waals surface area contributed by atoms with Gasteiger partial charge in [0.05, 0.1) is 13.2 Å². The third kappa shape index (κ3) is 6.70. The molecular formula is C27H27F5O3. The summed E-state index contributed by atoms with van der Waals surface area (Å²) in [4.78, 5) is 0. The fraction of sp³-hybridized carbons (Fsp3) is 0.407. The second kappa shape index (κ2) is 10.9. The molecule has 3 aromatic rings. The zero-order chi connectivity index (χ0) is 25.0. The van der Waals surface area contributed by atoms with E-state index in [4.69, 9.17) is 9.47 Å². The van der Waals surface area contributed by atoms with E-state index < -0.39 is 17.9 Å². The van der Waals surface area contributed by atoms with Crippen molar-refractivity contribution in [3.05, 3.63) is 76.9 Å². The molecule has 4 rings (SSSR count). The maximum Gasteiger partial charge on any atom is 0.573 e. The SMILES string of the molecule is CCC1COC(CCc2ccc3c(F)c(CCc4ccc(OC(F)(F)F)c(F)c4)ccc3c2)OC1. The minimum atomic E-state index is -4.97. The third-order valence-corrected chi connectivity index (χ3v) is 6.29. The van der Waals surface area contributed by atoms with Crippen molar-refractivity contribution >= 4 is 10.8 Å². The third-order valence-electron chi connectivity index (χ3n) is 6.29. The molecule has 35 heavy (non-hydrogen) atoms. The molecule has 1 heterocycles. The van der Waals surface area contributed by atoms with Crippen molar-refractivity contribution in [1.29, 1.82) is 0 Å². The van der Waals surface area contributed by atoms with E-state index in [1.807, 2.05) is 18.2 Å². The van der Waals surface area contributed by atoms with Gasteiger partial charge in [0.15, 0.2) is 17.9 Å².